The summed E-state index contributed by atoms with van der Waals surface area (Å²) >= 11 is 0. The molecule has 0 bridgehead atoms. The van der Waals surface area contributed by atoms with Crippen molar-refractivity contribution in [2.75, 3.05) is 0 Å². The zero-order valence-electron chi connectivity index (χ0n) is 10.0. The maximum atomic E-state index is 10.2. The van der Waals surface area contributed by atoms with Gasteiger partial charge in [0.25, 0.3) is 0 Å². The van der Waals surface area contributed by atoms with Crippen LogP contribution in [0.4, 0.5) is 0 Å². The second-order valence-electron chi connectivity index (χ2n) is 4.65. The molecule has 2 aromatic rings. The van der Waals surface area contributed by atoms with Crippen molar-refractivity contribution in [3.8, 4) is 34.1 Å². The van der Waals surface area contributed by atoms with Gasteiger partial charge < -0.3 is 25.5 Å². The molecule has 1 aliphatic rings. The van der Waals surface area contributed by atoms with Gasteiger partial charge in [-0.2, -0.15) is 0 Å². The molecule has 5 N–H and O–H groups in total. The third kappa shape index (κ3) is 1.33. The molecule has 5 heteroatoms. The summed E-state index contributed by atoms with van der Waals surface area (Å²) < 4.78 is 0. The van der Waals surface area contributed by atoms with Crippen LogP contribution in [0.1, 0.15) is 22.8 Å². The number of phenolic OH excluding ortho intramolecular Hbond substituents is 4. The largest absolute Gasteiger partial charge is 0.504 e. The SMILES string of the molecule is Cc1cc2c(c(O)c1O)C(O)c1c-2ccc(O)c1O. The van der Waals surface area contributed by atoms with Crippen LogP contribution in [0.5, 0.6) is 23.0 Å². The minimum absolute atomic E-state index is 0.135. The Hall–Kier alpha value is -2.40. The Labute approximate surface area is 108 Å². The van der Waals surface area contributed by atoms with Gasteiger partial charge in [-0.05, 0) is 35.7 Å². The summed E-state index contributed by atoms with van der Waals surface area (Å²) in [5.41, 5.74) is 1.79. The second-order valence-corrected chi connectivity index (χ2v) is 4.65. The monoisotopic (exact) mass is 260 g/mol. The Bertz CT molecular complexity index is 706. The minimum atomic E-state index is -1.29. The lowest BCUT2D eigenvalue weighted by molar-refractivity contribution is 0.214. The molecule has 0 aromatic heterocycles. The van der Waals surface area contributed by atoms with Gasteiger partial charge in [0.2, 0.25) is 0 Å². The van der Waals surface area contributed by atoms with E-state index in [9.17, 15) is 25.5 Å². The Morgan fingerprint density at radius 2 is 1.47 bits per heavy atom. The highest BCUT2D eigenvalue weighted by Gasteiger charge is 2.35. The maximum Gasteiger partial charge on any atom is 0.164 e. The predicted octanol–water partition coefficient (Wildman–Crippen LogP) is 1.88. The number of aliphatic hydroxyl groups is 1. The smallest absolute Gasteiger partial charge is 0.164 e. The van der Waals surface area contributed by atoms with Crippen LogP contribution < -0.4 is 0 Å². The van der Waals surface area contributed by atoms with Crippen molar-refractivity contribution < 1.29 is 25.5 Å². The highest BCUT2D eigenvalue weighted by Crippen LogP contribution is 2.54. The lowest BCUT2D eigenvalue weighted by Gasteiger charge is -2.11. The van der Waals surface area contributed by atoms with Crippen LogP contribution in [-0.2, 0) is 0 Å². The summed E-state index contributed by atoms with van der Waals surface area (Å²) in [5, 5.41) is 49.2. The molecule has 1 unspecified atom stereocenters. The fourth-order valence-electron chi connectivity index (χ4n) is 2.56. The molecule has 0 fully saturated rings. The molecule has 0 aliphatic heterocycles. The molecule has 1 aliphatic carbocycles. The van der Waals surface area contributed by atoms with Crippen LogP contribution in [0.15, 0.2) is 18.2 Å². The summed E-state index contributed by atoms with van der Waals surface area (Å²) in [4.78, 5) is 0. The molecule has 1 atom stereocenters. The number of aromatic hydroxyl groups is 4. The number of benzene rings is 2. The lowest BCUT2D eigenvalue weighted by atomic mass is 10.0. The van der Waals surface area contributed by atoms with Crippen LogP contribution >= 0.6 is 0 Å². The molecule has 0 spiro atoms. The van der Waals surface area contributed by atoms with E-state index in [2.05, 4.69) is 0 Å². The predicted molar refractivity (Wildman–Crippen MR) is 67.3 cm³/mol. The molecule has 5 nitrogen and oxygen atoms in total. The van der Waals surface area contributed by atoms with E-state index in [1.54, 1.807) is 19.1 Å². The molecular formula is C14H12O5. The molecule has 0 heterocycles. The zero-order valence-corrected chi connectivity index (χ0v) is 10.0. The van der Waals surface area contributed by atoms with Crippen molar-refractivity contribution in [2.45, 2.75) is 13.0 Å². The van der Waals surface area contributed by atoms with E-state index in [0.29, 0.717) is 16.7 Å². The Morgan fingerprint density at radius 3 is 2.16 bits per heavy atom. The molecule has 0 radical (unpaired) electrons. The Kier molecular flexibility index (Phi) is 2.18. The van der Waals surface area contributed by atoms with Crippen LogP contribution in [0.3, 0.4) is 0 Å². The molecule has 2 aromatic carbocycles. The van der Waals surface area contributed by atoms with E-state index >= 15 is 0 Å². The van der Waals surface area contributed by atoms with Gasteiger partial charge in [0, 0.05) is 11.1 Å². The number of fused-ring (bicyclic) bond motifs is 3. The van der Waals surface area contributed by atoms with E-state index in [-0.39, 0.29) is 22.6 Å². The number of hydrogen-bond donors (Lipinski definition) is 5. The molecule has 0 amide bonds. The van der Waals surface area contributed by atoms with Crippen molar-refractivity contribution in [2.24, 2.45) is 0 Å². The molecule has 98 valence electrons. The Balaban J connectivity index is 2.40. The van der Waals surface area contributed by atoms with E-state index in [4.69, 9.17) is 0 Å². The van der Waals surface area contributed by atoms with Crippen molar-refractivity contribution >= 4 is 0 Å². The lowest BCUT2D eigenvalue weighted by Crippen LogP contribution is -1.95. The number of rotatable bonds is 0. The van der Waals surface area contributed by atoms with Gasteiger partial charge in [0.05, 0.1) is 0 Å². The van der Waals surface area contributed by atoms with E-state index in [0.717, 1.165) is 0 Å². The highest BCUT2D eigenvalue weighted by atomic mass is 16.3. The quantitative estimate of drug-likeness (QED) is 0.465. The minimum Gasteiger partial charge on any atom is -0.504 e. The first kappa shape index (κ1) is 11.7. The first-order valence-corrected chi connectivity index (χ1v) is 5.72. The van der Waals surface area contributed by atoms with Crippen molar-refractivity contribution in [1.29, 1.82) is 0 Å². The van der Waals surface area contributed by atoms with Crippen LogP contribution in [0.25, 0.3) is 11.1 Å². The van der Waals surface area contributed by atoms with E-state index in [1.165, 1.54) is 6.07 Å². The summed E-state index contributed by atoms with van der Waals surface area (Å²) in [7, 11) is 0. The summed E-state index contributed by atoms with van der Waals surface area (Å²) in [6.07, 6.45) is -1.29. The molecule has 0 saturated carbocycles. The van der Waals surface area contributed by atoms with Gasteiger partial charge in [-0.15, -0.1) is 0 Å². The van der Waals surface area contributed by atoms with Gasteiger partial charge in [0.1, 0.15) is 6.10 Å². The Morgan fingerprint density at radius 1 is 0.842 bits per heavy atom. The summed E-state index contributed by atoms with van der Waals surface area (Å²) in [5.74, 6) is -1.46. The van der Waals surface area contributed by atoms with Crippen molar-refractivity contribution in [3.05, 3.63) is 34.9 Å². The maximum absolute atomic E-state index is 10.2. The van der Waals surface area contributed by atoms with Gasteiger partial charge in [0.15, 0.2) is 23.0 Å². The summed E-state index contributed by atoms with van der Waals surface area (Å²) in [6, 6.07) is 4.49. The second kappa shape index (κ2) is 3.55. The van der Waals surface area contributed by atoms with E-state index < -0.39 is 17.6 Å². The topological polar surface area (TPSA) is 101 Å². The number of hydrogen-bond acceptors (Lipinski definition) is 5. The molecular weight excluding hydrogens is 248 g/mol. The van der Waals surface area contributed by atoms with Gasteiger partial charge in [-0.25, -0.2) is 0 Å². The molecule has 19 heavy (non-hydrogen) atoms. The third-order valence-electron chi connectivity index (χ3n) is 3.54. The standard InChI is InChI=1S/C14H12O5/c1-5-4-7-6-2-3-8(15)12(17)9(6)13(18)10(7)14(19)11(5)16/h2-4,13,15-19H,1H3. The molecule has 0 saturated heterocycles. The first-order chi connectivity index (χ1) is 8.93. The fourth-order valence-corrected chi connectivity index (χ4v) is 2.56. The first-order valence-electron chi connectivity index (χ1n) is 5.72. The van der Waals surface area contributed by atoms with Gasteiger partial charge in [-0.3, -0.25) is 0 Å². The third-order valence-corrected chi connectivity index (χ3v) is 3.54. The van der Waals surface area contributed by atoms with Gasteiger partial charge in [-0.1, -0.05) is 6.07 Å². The zero-order chi connectivity index (χ0) is 13.9. The summed E-state index contributed by atoms with van der Waals surface area (Å²) in [6.45, 7) is 1.62. The van der Waals surface area contributed by atoms with Gasteiger partial charge >= 0.3 is 0 Å². The average Bonchev–Trinajstić information content (AvgIpc) is 2.65. The van der Waals surface area contributed by atoms with Crippen LogP contribution in [-0.4, -0.2) is 25.5 Å². The fraction of sp³-hybridized carbons (Fsp3) is 0.143. The van der Waals surface area contributed by atoms with Crippen molar-refractivity contribution in [1.82, 2.24) is 0 Å². The number of phenols is 4. The highest BCUT2D eigenvalue weighted by molar-refractivity contribution is 5.85. The van der Waals surface area contributed by atoms with E-state index in [1.807, 2.05) is 0 Å². The van der Waals surface area contributed by atoms with Crippen molar-refractivity contribution in [3.63, 3.8) is 0 Å². The number of aryl methyl sites for hydroxylation is 1. The molecule has 3 rings (SSSR count). The average molecular weight is 260 g/mol. The number of aliphatic hydroxyl groups excluding tert-OH is 1. The van der Waals surface area contributed by atoms with Crippen LogP contribution in [0.2, 0.25) is 0 Å². The van der Waals surface area contributed by atoms with Crippen LogP contribution in [0, 0.1) is 6.92 Å². The normalized spacial score (nSPS) is 16.2.